The number of nitrogens with two attached hydrogens (primary N) is 2. The van der Waals surface area contributed by atoms with Crippen LogP contribution in [0.3, 0.4) is 0 Å². The Hall–Kier alpha value is -5.59. The quantitative estimate of drug-likeness (QED) is 0.164. The van der Waals surface area contributed by atoms with Crippen molar-refractivity contribution in [2.45, 2.75) is 16.2 Å². The van der Waals surface area contributed by atoms with E-state index in [1.54, 1.807) is 59.3 Å². The minimum atomic E-state index is -3.76. The number of primary sulfonamides is 2. The van der Waals surface area contributed by atoms with E-state index >= 15 is 0 Å². The first-order chi connectivity index (χ1) is 25.3. The van der Waals surface area contributed by atoms with Gasteiger partial charge in [-0.15, -0.1) is 0 Å². The Kier molecular flexibility index (Phi) is 10.9. The topological polar surface area (TPSA) is 180 Å². The summed E-state index contributed by atoms with van der Waals surface area (Å²) in [6, 6.07) is 39.0. The molecule has 5 aromatic carbocycles. The average Bonchev–Trinajstić information content (AvgIpc) is 3.77. The monoisotopic (exact) mass is 781 g/mol. The van der Waals surface area contributed by atoms with Gasteiger partial charge in [-0.3, -0.25) is 9.13 Å². The number of aromatic nitrogens is 4. The van der Waals surface area contributed by atoms with Gasteiger partial charge in [0.25, 0.3) is 0 Å². The van der Waals surface area contributed by atoms with E-state index in [2.05, 4.69) is 17.1 Å². The number of sulfonamides is 2. The van der Waals surface area contributed by atoms with Crippen LogP contribution in [-0.4, -0.2) is 35.9 Å². The third kappa shape index (κ3) is 9.08. The molecule has 4 N–H and O–H groups in total. The van der Waals surface area contributed by atoms with E-state index in [0.717, 1.165) is 28.2 Å². The smallest absolute Gasteiger partial charge is 0.238 e. The van der Waals surface area contributed by atoms with Gasteiger partial charge in [0.15, 0.2) is 5.69 Å². The van der Waals surface area contributed by atoms with Gasteiger partial charge in [-0.1, -0.05) is 53.5 Å². The second-order valence-corrected chi connectivity index (χ2v) is 15.6. The molecule has 7 rings (SSSR count). The Morgan fingerprint density at radius 2 is 1.02 bits per heavy atom. The van der Waals surface area contributed by atoms with E-state index in [-0.39, 0.29) is 15.5 Å². The van der Waals surface area contributed by atoms with Crippen LogP contribution in [0.5, 0.6) is 0 Å². The van der Waals surface area contributed by atoms with Crippen molar-refractivity contribution in [2.24, 2.45) is 10.3 Å². The standard InChI is InChI=1S/C22H18ClN3O2S.C16H11ClN4O2S/c23-18-8-10-20(11-9-18)26-15-19(14-16-4-2-1-3-5-16)25-22(26)17-6-12-21(13-7-17)29(24,27)28;17-12-3-5-14(6-4-12)21-10-13(9-18)20-16(21)11-1-7-15(8-2-11)24(19,22)23/h1-13,15H,14H2,(H2,24,27,28);1-8,10H,(H2,19,22,23). The fourth-order valence-corrected chi connectivity index (χ4v) is 6.63. The molecule has 0 spiro atoms. The Balaban J connectivity index is 0.000000185. The lowest BCUT2D eigenvalue weighted by Gasteiger charge is -2.08. The van der Waals surface area contributed by atoms with Crippen molar-refractivity contribution in [3.8, 4) is 40.2 Å². The molecule has 11 nitrogen and oxygen atoms in total. The lowest BCUT2D eigenvalue weighted by molar-refractivity contribution is 0.596. The van der Waals surface area contributed by atoms with Gasteiger partial charge in [-0.2, -0.15) is 5.26 Å². The van der Waals surface area contributed by atoms with Crippen LogP contribution in [-0.2, 0) is 26.5 Å². The highest BCUT2D eigenvalue weighted by atomic mass is 35.5. The van der Waals surface area contributed by atoms with E-state index in [4.69, 9.17) is 43.7 Å². The normalized spacial score (nSPS) is 11.4. The summed E-state index contributed by atoms with van der Waals surface area (Å²) in [4.78, 5) is 9.17. The number of imidazole rings is 2. The summed E-state index contributed by atoms with van der Waals surface area (Å²) in [5, 5.41) is 20.7. The summed E-state index contributed by atoms with van der Waals surface area (Å²) in [6.45, 7) is 0. The van der Waals surface area contributed by atoms with Crippen molar-refractivity contribution in [3.05, 3.63) is 167 Å². The van der Waals surface area contributed by atoms with E-state index < -0.39 is 20.0 Å². The van der Waals surface area contributed by atoms with Crippen molar-refractivity contribution < 1.29 is 16.8 Å². The molecule has 0 atom stereocenters. The van der Waals surface area contributed by atoms with Crippen LogP contribution in [0.25, 0.3) is 34.2 Å². The van der Waals surface area contributed by atoms with Crippen molar-refractivity contribution in [3.63, 3.8) is 0 Å². The summed E-state index contributed by atoms with van der Waals surface area (Å²) in [5.41, 5.74) is 5.42. The SMILES string of the molecule is N#Cc1cn(-c2ccc(Cl)cc2)c(-c2ccc(S(N)(=O)=O)cc2)n1.NS(=O)(=O)c1ccc(-c2nc(Cc3ccccc3)cn2-c2ccc(Cl)cc2)cc1. The maximum Gasteiger partial charge on any atom is 0.238 e. The van der Waals surface area contributed by atoms with Crippen molar-refractivity contribution >= 4 is 43.2 Å². The summed E-state index contributed by atoms with van der Waals surface area (Å²) in [6.07, 6.45) is 4.27. The molecule has 0 bridgehead atoms. The van der Waals surface area contributed by atoms with Gasteiger partial charge in [0.1, 0.15) is 17.7 Å². The number of nitriles is 1. The molecular weight excluding hydrogens is 754 g/mol. The summed E-state index contributed by atoms with van der Waals surface area (Å²) in [5.74, 6) is 1.22. The van der Waals surface area contributed by atoms with Crippen LogP contribution in [0.1, 0.15) is 17.0 Å². The van der Waals surface area contributed by atoms with Crippen LogP contribution in [0.2, 0.25) is 10.0 Å². The number of rotatable bonds is 8. The molecule has 266 valence electrons. The first kappa shape index (κ1) is 37.2. The van der Waals surface area contributed by atoms with Gasteiger partial charge in [-0.05, 0) is 103 Å². The molecule has 0 aliphatic rings. The molecule has 0 aliphatic carbocycles. The van der Waals surface area contributed by atoms with Crippen molar-refractivity contribution in [2.75, 3.05) is 0 Å². The fraction of sp³-hybridized carbons (Fsp3) is 0.0263. The number of nitrogens with zero attached hydrogens (tertiary/aromatic N) is 5. The van der Waals surface area contributed by atoms with E-state index in [0.29, 0.717) is 33.7 Å². The van der Waals surface area contributed by atoms with Gasteiger partial charge in [0, 0.05) is 51.4 Å². The van der Waals surface area contributed by atoms with Gasteiger partial charge >= 0.3 is 0 Å². The highest BCUT2D eigenvalue weighted by Crippen LogP contribution is 2.27. The van der Waals surface area contributed by atoms with Crippen LogP contribution in [0.15, 0.2) is 150 Å². The van der Waals surface area contributed by atoms with Gasteiger partial charge < -0.3 is 0 Å². The minimum absolute atomic E-state index is 0.0105. The predicted octanol–water partition coefficient (Wildman–Crippen LogP) is 7.14. The van der Waals surface area contributed by atoms with Crippen LogP contribution < -0.4 is 10.3 Å². The first-order valence-corrected chi connectivity index (χ1v) is 19.5. The zero-order valence-electron chi connectivity index (χ0n) is 27.6. The van der Waals surface area contributed by atoms with Crippen molar-refractivity contribution in [1.29, 1.82) is 5.26 Å². The molecule has 0 saturated heterocycles. The molecule has 0 aliphatic heterocycles. The highest BCUT2D eigenvalue weighted by Gasteiger charge is 2.16. The Morgan fingerprint density at radius 3 is 1.45 bits per heavy atom. The van der Waals surface area contributed by atoms with E-state index in [1.807, 2.05) is 59.3 Å². The largest absolute Gasteiger partial charge is 0.300 e. The lowest BCUT2D eigenvalue weighted by atomic mass is 10.1. The van der Waals surface area contributed by atoms with Gasteiger partial charge in [-0.25, -0.2) is 37.1 Å². The maximum absolute atomic E-state index is 11.6. The van der Waals surface area contributed by atoms with Gasteiger partial charge in [0.05, 0.1) is 15.5 Å². The van der Waals surface area contributed by atoms with Crippen molar-refractivity contribution in [1.82, 2.24) is 19.1 Å². The zero-order valence-corrected chi connectivity index (χ0v) is 30.7. The molecular formula is C38H29Cl2N7O4S2. The zero-order chi connectivity index (χ0) is 37.8. The fourth-order valence-electron chi connectivity index (χ4n) is 5.34. The predicted molar refractivity (Wildman–Crippen MR) is 205 cm³/mol. The van der Waals surface area contributed by atoms with Crippen LogP contribution in [0, 0.1) is 11.3 Å². The number of hydrogen-bond donors (Lipinski definition) is 2. The Morgan fingerprint density at radius 1 is 0.585 bits per heavy atom. The number of benzene rings is 5. The van der Waals surface area contributed by atoms with E-state index in [1.165, 1.54) is 24.3 Å². The molecule has 53 heavy (non-hydrogen) atoms. The van der Waals surface area contributed by atoms with E-state index in [9.17, 15) is 16.8 Å². The lowest BCUT2D eigenvalue weighted by Crippen LogP contribution is -2.11. The third-order valence-corrected chi connectivity index (χ3v) is 10.3. The summed E-state index contributed by atoms with van der Waals surface area (Å²) < 4.78 is 49.5. The third-order valence-electron chi connectivity index (χ3n) is 7.90. The molecule has 7 aromatic rings. The molecule has 2 heterocycles. The highest BCUT2D eigenvalue weighted by molar-refractivity contribution is 7.89. The maximum atomic E-state index is 11.6. The number of hydrogen-bond acceptors (Lipinski definition) is 7. The second kappa shape index (κ2) is 15.6. The summed E-state index contributed by atoms with van der Waals surface area (Å²) in [7, 11) is -7.51. The molecule has 2 aromatic heterocycles. The molecule has 0 amide bonds. The first-order valence-electron chi connectivity index (χ1n) is 15.7. The van der Waals surface area contributed by atoms with Crippen LogP contribution in [0.4, 0.5) is 0 Å². The Labute approximate surface area is 316 Å². The minimum Gasteiger partial charge on any atom is -0.300 e. The van der Waals surface area contributed by atoms with Crippen LogP contribution >= 0.6 is 23.2 Å². The Bertz CT molecular complexity index is 2640. The molecule has 15 heteroatoms. The second-order valence-electron chi connectivity index (χ2n) is 11.6. The molecule has 0 saturated carbocycles. The number of halogens is 2. The molecule has 0 unspecified atom stereocenters. The summed E-state index contributed by atoms with van der Waals surface area (Å²) >= 11 is 11.9. The average molecular weight is 783 g/mol. The molecule has 0 fully saturated rings. The van der Waals surface area contributed by atoms with Gasteiger partial charge in [0.2, 0.25) is 20.0 Å². The molecule has 0 radical (unpaired) electrons.